The summed E-state index contributed by atoms with van der Waals surface area (Å²) in [7, 11) is -2.99. The van der Waals surface area contributed by atoms with Crippen LogP contribution in [0.3, 0.4) is 0 Å². The van der Waals surface area contributed by atoms with E-state index in [0.29, 0.717) is 19.5 Å². The van der Waals surface area contributed by atoms with Gasteiger partial charge in [-0.1, -0.05) is 12.1 Å². The minimum Gasteiger partial charge on any atom is -0.338 e. The Kier molecular flexibility index (Phi) is 3.69. The van der Waals surface area contributed by atoms with Gasteiger partial charge in [-0.3, -0.25) is 4.79 Å². The highest BCUT2D eigenvalue weighted by molar-refractivity contribution is 7.91. The normalized spacial score (nSPS) is 25.5. The predicted octanol–water partition coefficient (Wildman–Crippen LogP) is 1.80. The zero-order chi connectivity index (χ0) is 14.2. The molecule has 3 rings (SSSR count). The zero-order valence-corrected chi connectivity index (χ0v) is 12.8. The summed E-state index contributed by atoms with van der Waals surface area (Å²) in [6.07, 6.45) is 3.43. The van der Waals surface area contributed by atoms with E-state index in [2.05, 4.69) is 17.5 Å². The Morgan fingerprint density at radius 3 is 2.80 bits per heavy atom. The number of carbonyl (C=O) groups excluding carboxylic acids is 1. The van der Waals surface area contributed by atoms with Crippen molar-refractivity contribution in [3.8, 4) is 0 Å². The van der Waals surface area contributed by atoms with E-state index in [0.717, 1.165) is 6.42 Å². The average molecular weight is 311 g/mol. The lowest BCUT2D eigenvalue weighted by atomic mass is 10.0. The molecule has 0 radical (unpaired) electrons. The van der Waals surface area contributed by atoms with Crippen LogP contribution in [0.1, 0.15) is 17.7 Å². The first kappa shape index (κ1) is 13.8. The zero-order valence-electron chi connectivity index (χ0n) is 11.1. The summed E-state index contributed by atoms with van der Waals surface area (Å²) in [6.45, 7) is 1.29. The summed E-state index contributed by atoms with van der Waals surface area (Å²) in [5.41, 5.74) is 1.29. The van der Waals surface area contributed by atoms with Crippen molar-refractivity contribution in [3.63, 3.8) is 0 Å². The van der Waals surface area contributed by atoms with Crippen molar-refractivity contribution < 1.29 is 13.2 Å². The van der Waals surface area contributed by atoms with E-state index in [9.17, 15) is 13.2 Å². The Balaban J connectivity index is 1.65. The number of hydrogen-bond acceptors (Lipinski definition) is 4. The number of carbonyl (C=O) groups is 1. The second-order valence-electron chi connectivity index (χ2n) is 5.34. The van der Waals surface area contributed by atoms with Crippen LogP contribution < -0.4 is 0 Å². The monoisotopic (exact) mass is 311 g/mol. The van der Waals surface area contributed by atoms with Gasteiger partial charge >= 0.3 is 0 Å². The Morgan fingerprint density at radius 2 is 2.25 bits per heavy atom. The fourth-order valence-electron chi connectivity index (χ4n) is 2.80. The molecule has 1 saturated heterocycles. The number of sulfone groups is 1. The molecule has 0 N–H and O–H groups in total. The first-order valence-corrected chi connectivity index (χ1v) is 9.47. The third kappa shape index (κ3) is 2.81. The summed E-state index contributed by atoms with van der Waals surface area (Å²) in [6, 6.07) is 4.12. The Bertz CT molecular complexity index is 631. The first-order valence-electron chi connectivity index (χ1n) is 6.77. The quantitative estimate of drug-likeness (QED) is 0.837. The molecule has 20 heavy (non-hydrogen) atoms. The number of thiophene rings is 1. The summed E-state index contributed by atoms with van der Waals surface area (Å²) in [5.74, 6) is -0.124. The van der Waals surface area contributed by atoms with Crippen LogP contribution in [-0.2, 0) is 14.6 Å². The molecular formula is C14H17NO3S2. The van der Waals surface area contributed by atoms with Crippen LogP contribution in [0.25, 0.3) is 5.57 Å². The maximum absolute atomic E-state index is 12.3. The van der Waals surface area contributed by atoms with Crippen LogP contribution in [0, 0.1) is 5.92 Å². The molecule has 4 nitrogen and oxygen atoms in total. The molecule has 1 fully saturated rings. The van der Waals surface area contributed by atoms with Gasteiger partial charge in [-0.2, -0.15) is 0 Å². The number of amides is 1. The van der Waals surface area contributed by atoms with Gasteiger partial charge < -0.3 is 4.90 Å². The molecule has 108 valence electrons. The van der Waals surface area contributed by atoms with Crippen LogP contribution in [0.15, 0.2) is 23.6 Å². The van der Waals surface area contributed by atoms with E-state index in [-0.39, 0.29) is 23.3 Å². The summed E-state index contributed by atoms with van der Waals surface area (Å²) in [5, 5.41) is 2.05. The highest BCUT2D eigenvalue weighted by Gasteiger charge is 2.35. The fraction of sp³-hybridized carbons (Fsp3) is 0.500. The van der Waals surface area contributed by atoms with Crippen molar-refractivity contribution in [1.82, 2.24) is 4.90 Å². The molecule has 0 spiro atoms. The van der Waals surface area contributed by atoms with Crippen molar-refractivity contribution in [2.45, 2.75) is 12.8 Å². The molecular weight excluding hydrogens is 294 g/mol. The predicted molar refractivity (Wildman–Crippen MR) is 80.3 cm³/mol. The topological polar surface area (TPSA) is 54.5 Å². The lowest BCUT2D eigenvalue weighted by molar-refractivity contribution is -0.134. The van der Waals surface area contributed by atoms with Gasteiger partial charge in [-0.05, 0) is 29.9 Å². The average Bonchev–Trinajstić information content (AvgIpc) is 3.07. The van der Waals surface area contributed by atoms with Gasteiger partial charge in [0.2, 0.25) is 5.91 Å². The molecule has 0 aliphatic carbocycles. The lowest BCUT2D eigenvalue weighted by Crippen LogP contribution is -2.39. The third-order valence-electron chi connectivity index (χ3n) is 3.94. The highest BCUT2D eigenvalue weighted by atomic mass is 32.2. The molecule has 2 aliphatic heterocycles. The molecule has 1 aromatic heterocycles. The Labute approximate surface area is 123 Å². The van der Waals surface area contributed by atoms with E-state index in [1.54, 1.807) is 16.2 Å². The van der Waals surface area contributed by atoms with E-state index < -0.39 is 9.84 Å². The standard InChI is InChI=1S/C14H17NO3S2/c16-14(12-5-9-20(17,18)10-12)15-6-3-11(4-7-15)13-2-1-8-19-13/h1-3,8,12H,4-7,9-10H2. The van der Waals surface area contributed by atoms with Gasteiger partial charge in [0, 0.05) is 18.0 Å². The SMILES string of the molecule is O=C(C1CCS(=O)(=O)C1)N1CC=C(c2cccs2)CC1. The highest BCUT2D eigenvalue weighted by Crippen LogP contribution is 2.28. The van der Waals surface area contributed by atoms with Gasteiger partial charge in [-0.25, -0.2) is 8.42 Å². The number of nitrogens with zero attached hydrogens (tertiary/aromatic N) is 1. The maximum atomic E-state index is 12.3. The molecule has 0 bridgehead atoms. The van der Waals surface area contributed by atoms with Crippen LogP contribution in [0.5, 0.6) is 0 Å². The van der Waals surface area contributed by atoms with Crippen LogP contribution in [0.4, 0.5) is 0 Å². The van der Waals surface area contributed by atoms with Gasteiger partial charge in [-0.15, -0.1) is 11.3 Å². The van der Waals surface area contributed by atoms with Gasteiger partial charge in [0.15, 0.2) is 9.84 Å². The Morgan fingerprint density at radius 1 is 1.40 bits per heavy atom. The molecule has 0 aromatic carbocycles. The van der Waals surface area contributed by atoms with Crippen molar-refractivity contribution >= 4 is 32.7 Å². The van der Waals surface area contributed by atoms with E-state index in [4.69, 9.17) is 0 Å². The van der Waals surface area contributed by atoms with Crippen molar-refractivity contribution in [2.75, 3.05) is 24.6 Å². The number of hydrogen-bond donors (Lipinski definition) is 0. The molecule has 1 atom stereocenters. The first-order chi connectivity index (χ1) is 9.55. The summed E-state index contributed by atoms with van der Waals surface area (Å²) < 4.78 is 22.9. The van der Waals surface area contributed by atoms with Crippen molar-refractivity contribution in [2.24, 2.45) is 5.92 Å². The van der Waals surface area contributed by atoms with Crippen molar-refractivity contribution in [1.29, 1.82) is 0 Å². The molecule has 3 heterocycles. The number of rotatable bonds is 2. The van der Waals surface area contributed by atoms with Crippen LogP contribution >= 0.6 is 11.3 Å². The summed E-state index contributed by atoms with van der Waals surface area (Å²) in [4.78, 5) is 15.4. The van der Waals surface area contributed by atoms with Gasteiger partial charge in [0.05, 0.1) is 17.4 Å². The fourth-order valence-corrected chi connectivity index (χ4v) is 5.33. The maximum Gasteiger partial charge on any atom is 0.227 e. The van der Waals surface area contributed by atoms with Crippen LogP contribution in [-0.4, -0.2) is 43.8 Å². The van der Waals surface area contributed by atoms with Gasteiger partial charge in [0.1, 0.15) is 0 Å². The minimum absolute atomic E-state index is 0.00699. The van der Waals surface area contributed by atoms with E-state index >= 15 is 0 Å². The molecule has 6 heteroatoms. The minimum atomic E-state index is -2.99. The summed E-state index contributed by atoms with van der Waals surface area (Å²) >= 11 is 1.71. The Hall–Kier alpha value is -1.14. The third-order valence-corrected chi connectivity index (χ3v) is 6.65. The molecule has 2 aliphatic rings. The second-order valence-corrected chi connectivity index (χ2v) is 8.52. The van der Waals surface area contributed by atoms with E-state index in [1.165, 1.54) is 10.5 Å². The lowest BCUT2D eigenvalue weighted by Gasteiger charge is -2.28. The second kappa shape index (κ2) is 5.33. The van der Waals surface area contributed by atoms with Crippen LogP contribution in [0.2, 0.25) is 0 Å². The molecule has 0 saturated carbocycles. The van der Waals surface area contributed by atoms with E-state index in [1.807, 2.05) is 6.07 Å². The molecule has 1 amide bonds. The smallest absolute Gasteiger partial charge is 0.227 e. The molecule has 1 unspecified atom stereocenters. The van der Waals surface area contributed by atoms with Gasteiger partial charge in [0.25, 0.3) is 0 Å². The molecule has 1 aromatic rings. The largest absolute Gasteiger partial charge is 0.338 e. The van der Waals surface area contributed by atoms with Crippen molar-refractivity contribution in [3.05, 3.63) is 28.5 Å².